The highest BCUT2D eigenvalue weighted by Crippen LogP contribution is 2.43. The molecule has 2 aromatic carbocycles. The average molecular weight is 364 g/mol. The third-order valence-corrected chi connectivity index (χ3v) is 4.66. The quantitative estimate of drug-likeness (QED) is 0.521. The van der Waals surface area contributed by atoms with Crippen LogP contribution in [0.3, 0.4) is 0 Å². The molecule has 0 amide bonds. The number of benzene rings is 2. The minimum atomic E-state index is 0.541. The van der Waals surface area contributed by atoms with E-state index >= 15 is 0 Å². The fourth-order valence-electron chi connectivity index (χ4n) is 3.28. The van der Waals surface area contributed by atoms with Gasteiger partial charge in [0.1, 0.15) is 5.69 Å². The van der Waals surface area contributed by atoms with E-state index in [9.17, 15) is 0 Å². The molecule has 0 spiro atoms. The lowest BCUT2D eigenvalue weighted by atomic mass is 10.0. The van der Waals surface area contributed by atoms with Gasteiger partial charge < -0.3 is 23.2 Å². The Labute approximate surface area is 156 Å². The van der Waals surface area contributed by atoms with Crippen LogP contribution in [-0.4, -0.2) is 30.9 Å². The van der Waals surface area contributed by atoms with Crippen LogP contribution in [0.2, 0.25) is 0 Å². The Kier molecular flexibility index (Phi) is 4.24. The van der Waals surface area contributed by atoms with Crippen molar-refractivity contribution in [2.75, 3.05) is 21.3 Å². The molecule has 2 aromatic heterocycles. The van der Waals surface area contributed by atoms with Gasteiger partial charge in [-0.15, -0.1) is 0 Å². The highest BCUT2D eigenvalue weighted by Gasteiger charge is 2.19. The minimum absolute atomic E-state index is 0.541. The zero-order chi connectivity index (χ0) is 19.0. The Morgan fingerprint density at radius 2 is 1.63 bits per heavy atom. The normalized spacial score (nSPS) is 11.0. The van der Waals surface area contributed by atoms with Gasteiger partial charge >= 0.3 is 0 Å². The van der Waals surface area contributed by atoms with Gasteiger partial charge in [0.05, 0.1) is 21.3 Å². The van der Waals surface area contributed by atoms with Gasteiger partial charge in [-0.05, 0) is 29.7 Å². The monoisotopic (exact) mass is 364 g/mol. The van der Waals surface area contributed by atoms with E-state index in [1.165, 1.54) is 11.8 Å². The number of rotatable bonds is 5. The molecule has 2 heterocycles. The smallest absolute Gasteiger partial charge is 0.203 e. The van der Waals surface area contributed by atoms with Crippen LogP contribution in [0.5, 0.6) is 17.2 Å². The van der Waals surface area contributed by atoms with Crippen molar-refractivity contribution in [3.63, 3.8) is 0 Å². The van der Waals surface area contributed by atoms with E-state index in [4.69, 9.17) is 18.6 Å². The highest BCUT2D eigenvalue weighted by atomic mass is 16.5. The fourth-order valence-corrected chi connectivity index (χ4v) is 3.28. The summed E-state index contributed by atoms with van der Waals surface area (Å²) < 4.78 is 24.1. The Morgan fingerprint density at radius 3 is 2.30 bits per heavy atom. The first kappa shape index (κ1) is 17.0. The Bertz CT molecular complexity index is 1090. The third-order valence-electron chi connectivity index (χ3n) is 4.66. The molecule has 0 aliphatic heterocycles. The molecule has 0 unspecified atom stereocenters. The van der Waals surface area contributed by atoms with Gasteiger partial charge in [-0.25, -0.2) is 4.98 Å². The lowest BCUT2D eigenvalue weighted by Gasteiger charge is -2.13. The van der Waals surface area contributed by atoms with Crippen molar-refractivity contribution in [3.05, 3.63) is 49.0 Å². The van der Waals surface area contributed by atoms with Crippen LogP contribution in [-0.2, 0) is 7.05 Å². The number of hydrogen-bond donors (Lipinski definition) is 0. The number of methoxy groups -OCH3 is 3. The zero-order valence-corrected chi connectivity index (χ0v) is 15.6. The maximum Gasteiger partial charge on any atom is 0.203 e. The fraction of sp³-hybridized carbons (Fsp3) is 0.190. The molecule has 0 aliphatic carbocycles. The van der Waals surface area contributed by atoms with Crippen LogP contribution >= 0.6 is 0 Å². The molecule has 0 bridgehead atoms. The Balaban J connectivity index is 1.87. The summed E-state index contributed by atoms with van der Waals surface area (Å²) in [6, 6.07) is 12.0. The molecule has 0 aliphatic rings. The molecular formula is C21H20N2O4. The van der Waals surface area contributed by atoms with Crippen molar-refractivity contribution < 1.29 is 18.6 Å². The molecule has 138 valence electrons. The first-order valence-corrected chi connectivity index (χ1v) is 8.45. The molecule has 6 nitrogen and oxygen atoms in total. The average Bonchev–Trinajstić information content (AvgIpc) is 3.33. The summed E-state index contributed by atoms with van der Waals surface area (Å²) in [6.07, 6.45) is 3.48. The molecule has 0 N–H and O–H groups in total. The molecule has 4 aromatic rings. The van der Waals surface area contributed by atoms with E-state index in [0.29, 0.717) is 28.7 Å². The molecule has 0 fully saturated rings. The van der Waals surface area contributed by atoms with Crippen molar-refractivity contribution in [2.45, 2.75) is 0 Å². The van der Waals surface area contributed by atoms with Crippen molar-refractivity contribution in [1.82, 2.24) is 9.55 Å². The number of fused-ring (bicyclic) bond motifs is 1. The minimum Gasteiger partial charge on any atom is -0.493 e. The summed E-state index contributed by atoms with van der Waals surface area (Å²) in [6.45, 7) is 0. The topological polar surface area (TPSA) is 58.7 Å². The number of ether oxygens (including phenoxy) is 3. The number of hydrogen-bond acceptors (Lipinski definition) is 5. The van der Waals surface area contributed by atoms with Gasteiger partial charge in [0.25, 0.3) is 0 Å². The van der Waals surface area contributed by atoms with Crippen molar-refractivity contribution in [2.24, 2.45) is 7.05 Å². The zero-order valence-electron chi connectivity index (χ0n) is 15.6. The van der Waals surface area contributed by atoms with Crippen molar-refractivity contribution >= 4 is 10.9 Å². The lowest BCUT2D eigenvalue weighted by Crippen LogP contribution is -1.96. The van der Waals surface area contributed by atoms with E-state index in [0.717, 1.165) is 16.6 Å². The summed E-state index contributed by atoms with van der Waals surface area (Å²) in [5, 5.41) is 1.18. The highest BCUT2D eigenvalue weighted by molar-refractivity contribution is 5.87. The summed E-state index contributed by atoms with van der Waals surface area (Å²) in [4.78, 5) is 4.43. The van der Waals surface area contributed by atoms with Gasteiger partial charge in [-0.3, -0.25) is 0 Å². The van der Waals surface area contributed by atoms with Gasteiger partial charge in [0, 0.05) is 29.9 Å². The van der Waals surface area contributed by atoms with Crippen LogP contribution in [0, 0.1) is 0 Å². The Hall–Kier alpha value is -3.41. The van der Waals surface area contributed by atoms with E-state index in [1.54, 1.807) is 21.3 Å². The van der Waals surface area contributed by atoms with E-state index in [-0.39, 0.29) is 0 Å². The van der Waals surface area contributed by atoms with Gasteiger partial charge in [0.2, 0.25) is 5.75 Å². The van der Waals surface area contributed by atoms with Crippen LogP contribution in [0.1, 0.15) is 0 Å². The number of oxazole rings is 1. The first-order chi connectivity index (χ1) is 13.2. The maximum absolute atomic E-state index is 5.74. The number of aryl methyl sites for hydroxylation is 1. The van der Waals surface area contributed by atoms with Crippen LogP contribution < -0.4 is 14.2 Å². The van der Waals surface area contributed by atoms with Gasteiger partial charge in [-0.1, -0.05) is 12.1 Å². The molecule has 0 saturated heterocycles. The van der Waals surface area contributed by atoms with Crippen LogP contribution in [0.25, 0.3) is 33.5 Å². The summed E-state index contributed by atoms with van der Waals surface area (Å²) >= 11 is 0. The third kappa shape index (κ3) is 2.79. The molecule has 0 radical (unpaired) electrons. The Morgan fingerprint density at radius 1 is 0.889 bits per heavy atom. The molecule has 0 atom stereocenters. The standard InChI is InChI=1S/C21H20N2O4/c1-23-8-7-13-5-6-14(9-16(13)23)20-19(22-12-27-20)15-10-17(24-2)21(26-4)18(11-15)25-3/h5-12H,1-4H3. The second-order valence-electron chi connectivity index (χ2n) is 6.14. The van der Waals surface area contributed by atoms with Gasteiger partial charge in [-0.2, -0.15) is 0 Å². The second kappa shape index (κ2) is 6.72. The van der Waals surface area contributed by atoms with E-state index < -0.39 is 0 Å². The van der Waals surface area contributed by atoms with E-state index in [2.05, 4.69) is 27.8 Å². The summed E-state index contributed by atoms with van der Waals surface area (Å²) in [5.41, 5.74) is 3.60. The van der Waals surface area contributed by atoms with Crippen molar-refractivity contribution in [3.8, 4) is 39.8 Å². The maximum atomic E-state index is 5.74. The summed E-state index contributed by atoms with van der Waals surface area (Å²) in [5.74, 6) is 2.36. The van der Waals surface area contributed by atoms with Crippen LogP contribution in [0.4, 0.5) is 0 Å². The number of aromatic nitrogens is 2. The van der Waals surface area contributed by atoms with E-state index in [1.807, 2.05) is 31.4 Å². The summed E-state index contributed by atoms with van der Waals surface area (Å²) in [7, 11) is 6.78. The van der Waals surface area contributed by atoms with Gasteiger partial charge in [0.15, 0.2) is 23.7 Å². The second-order valence-corrected chi connectivity index (χ2v) is 6.14. The lowest BCUT2D eigenvalue weighted by molar-refractivity contribution is 0.324. The largest absolute Gasteiger partial charge is 0.493 e. The predicted octanol–water partition coefficient (Wildman–Crippen LogP) is 4.53. The number of nitrogens with zero attached hydrogens (tertiary/aromatic N) is 2. The SMILES string of the molecule is COc1cc(-c2ncoc2-c2ccc3ccn(C)c3c2)cc(OC)c1OC. The first-order valence-electron chi connectivity index (χ1n) is 8.45. The molecule has 6 heteroatoms. The van der Waals surface area contributed by atoms with Crippen LogP contribution in [0.15, 0.2) is 53.4 Å². The molecular weight excluding hydrogens is 344 g/mol. The molecule has 27 heavy (non-hydrogen) atoms. The molecule has 0 saturated carbocycles. The molecule has 4 rings (SSSR count). The van der Waals surface area contributed by atoms with Crippen molar-refractivity contribution in [1.29, 1.82) is 0 Å². The predicted molar refractivity (Wildman–Crippen MR) is 104 cm³/mol.